The minimum Gasteiger partial charge on any atom is -0.385 e. The van der Waals surface area contributed by atoms with Gasteiger partial charge in [0.1, 0.15) is 11.6 Å². The molecule has 0 radical (unpaired) electrons. The SMILES string of the molecule is Nc1c(N=O)c(=O)[nH]c(=S)n1CC1CCCO1.Nc1cc(=O)[nH]c(=S)n1CC1CCCO1. The smallest absolute Gasteiger partial charge is 0.283 e. The van der Waals surface area contributed by atoms with E-state index in [1.807, 2.05) is 0 Å². The summed E-state index contributed by atoms with van der Waals surface area (Å²) in [7, 11) is 0. The maximum Gasteiger partial charge on any atom is 0.283 e. The van der Waals surface area contributed by atoms with E-state index in [-0.39, 0.29) is 34.0 Å². The average molecular weight is 484 g/mol. The number of rotatable bonds is 5. The highest BCUT2D eigenvalue weighted by Crippen LogP contribution is 2.20. The first-order valence-electron chi connectivity index (χ1n) is 10.1. The van der Waals surface area contributed by atoms with Crippen molar-refractivity contribution >= 4 is 41.8 Å². The molecule has 2 saturated heterocycles. The summed E-state index contributed by atoms with van der Waals surface area (Å²) in [6.45, 7) is 2.53. The molecule has 0 aliphatic carbocycles. The molecule has 2 fully saturated rings. The molecule has 2 atom stereocenters. The summed E-state index contributed by atoms with van der Waals surface area (Å²) in [6.07, 6.45) is 4.14. The maximum absolute atomic E-state index is 11.3. The summed E-state index contributed by atoms with van der Waals surface area (Å²) in [5, 5.41) is 2.62. The van der Waals surface area contributed by atoms with Crippen LogP contribution in [0.3, 0.4) is 0 Å². The number of nitrogen functional groups attached to an aromatic ring is 2. The van der Waals surface area contributed by atoms with Gasteiger partial charge in [0, 0.05) is 19.3 Å². The molecule has 14 heteroatoms. The third-order valence-corrected chi connectivity index (χ3v) is 5.84. The number of H-pyrrole nitrogens is 2. The van der Waals surface area contributed by atoms with E-state index < -0.39 is 5.56 Å². The molecular weight excluding hydrogens is 458 g/mol. The van der Waals surface area contributed by atoms with Crippen LogP contribution in [0, 0.1) is 14.4 Å². The van der Waals surface area contributed by atoms with E-state index in [1.165, 1.54) is 10.6 Å². The molecule has 174 valence electrons. The van der Waals surface area contributed by atoms with E-state index >= 15 is 0 Å². The molecular formula is C18H25N7O5S2. The second-order valence-corrected chi connectivity index (χ2v) is 8.21. The Hall–Kier alpha value is -2.68. The number of nitrogens with two attached hydrogens (primary N) is 2. The fraction of sp³-hybridized carbons (Fsp3) is 0.556. The zero-order valence-corrected chi connectivity index (χ0v) is 18.9. The van der Waals surface area contributed by atoms with Gasteiger partial charge in [-0.1, -0.05) is 0 Å². The Kier molecular flexibility index (Phi) is 8.06. The quantitative estimate of drug-likeness (QED) is 0.364. The minimum atomic E-state index is -0.661. The van der Waals surface area contributed by atoms with Crippen molar-refractivity contribution in [2.75, 3.05) is 24.7 Å². The van der Waals surface area contributed by atoms with Crippen molar-refractivity contribution in [1.82, 2.24) is 19.1 Å². The van der Waals surface area contributed by atoms with Gasteiger partial charge in [-0.3, -0.25) is 19.6 Å². The number of nitroso groups, excluding NO2 is 1. The van der Waals surface area contributed by atoms with Crippen molar-refractivity contribution in [1.29, 1.82) is 0 Å². The van der Waals surface area contributed by atoms with E-state index in [0.717, 1.165) is 32.3 Å². The Labute approximate surface area is 192 Å². The van der Waals surface area contributed by atoms with Crippen molar-refractivity contribution in [3.05, 3.63) is 41.2 Å². The van der Waals surface area contributed by atoms with Gasteiger partial charge in [0.2, 0.25) is 5.69 Å². The summed E-state index contributed by atoms with van der Waals surface area (Å²) < 4.78 is 14.6. The van der Waals surface area contributed by atoms with Gasteiger partial charge < -0.3 is 30.1 Å². The normalized spacial score (nSPS) is 20.0. The highest BCUT2D eigenvalue weighted by atomic mass is 32.1. The lowest BCUT2D eigenvalue weighted by Gasteiger charge is -2.15. The van der Waals surface area contributed by atoms with Gasteiger partial charge in [0.25, 0.3) is 11.1 Å². The summed E-state index contributed by atoms with van der Waals surface area (Å²) in [5.41, 5.74) is 10.2. The molecule has 4 rings (SSSR count). The highest BCUT2D eigenvalue weighted by molar-refractivity contribution is 7.71. The van der Waals surface area contributed by atoms with Crippen LogP contribution in [0.5, 0.6) is 0 Å². The van der Waals surface area contributed by atoms with Gasteiger partial charge in [-0.05, 0) is 55.3 Å². The summed E-state index contributed by atoms with van der Waals surface area (Å²) in [5.74, 6) is 0.378. The van der Waals surface area contributed by atoms with E-state index in [9.17, 15) is 14.5 Å². The van der Waals surface area contributed by atoms with Crippen LogP contribution in [-0.2, 0) is 22.6 Å². The number of hydrogen-bond donors (Lipinski definition) is 4. The standard InChI is InChI=1S/C9H12N4O3S.C9H13N3O2S/c10-7-6(12-15)8(14)11-9(17)13(7)4-5-2-1-3-16-5;10-7-4-8(13)11-9(15)12(7)5-6-2-1-3-14-6/h5H,1-4,10H2,(H,11,14,17);4,6H,1-3,5,10H2,(H,11,13,15). The van der Waals surface area contributed by atoms with E-state index in [2.05, 4.69) is 15.1 Å². The number of aromatic nitrogens is 4. The number of hydrogen-bond acceptors (Lipinski definition) is 10. The van der Waals surface area contributed by atoms with Crippen molar-refractivity contribution in [2.24, 2.45) is 5.18 Å². The lowest BCUT2D eigenvalue weighted by atomic mass is 10.2. The Morgan fingerprint density at radius 2 is 1.56 bits per heavy atom. The first kappa shape index (κ1) is 24.0. The molecule has 0 amide bonds. The Morgan fingerprint density at radius 3 is 2.06 bits per heavy atom. The predicted molar refractivity (Wildman–Crippen MR) is 124 cm³/mol. The molecule has 12 nitrogen and oxygen atoms in total. The molecule has 0 spiro atoms. The summed E-state index contributed by atoms with van der Waals surface area (Å²) in [6, 6.07) is 1.34. The van der Waals surface area contributed by atoms with Gasteiger partial charge >= 0.3 is 0 Å². The molecule has 0 saturated carbocycles. The van der Waals surface area contributed by atoms with E-state index in [4.69, 9.17) is 45.4 Å². The zero-order valence-electron chi connectivity index (χ0n) is 17.2. The van der Waals surface area contributed by atoms with Crippen LogP contribution in [0.4, 0.5) is 17.3 Å². The third kappa shape index (κ3) is 5.76. The van der Waals surface area contributed by atoms with Crippen LogP contribution in [0.15, 0.2) is 20.8 Å². The highest BCUT2D eigenvalue weighted by Gasteiger charge is 2.19. The number of ether oxygens (including phenoxy) is 2. The maximum atomic E-state index is 11.3. The monoisotopic (exact) mass is 483 g/mol. The van der Waals surface area contributed by atoms with Crippen molar-refractivity contribution in [3.8, 4) is 0 Å². The fourth-order valence-corrected chi connectivity index (χ4v) is 4.10. The molecule has 2 aromatic heterocycles. The van der Waals surface area contributed by atoms with E-state index in [0.29, 0.717) is 30.3 Å². The second-order valence-electron chi connectivity index (χ2n) is 7.44. The van der Waals surface area contributed by atoms with Crippen LogP contribution >= 0.6 is 24.4 Å². The fourth-order valence-electron chi connectivity index (χ4n) is 3.56. The average Bonchev–Trinajstić information content (AvgIpc) is 3.43. The number of aromatic amines is 2. The molecule has 2 aliphatic rings. The first-order valence-corrected chi connectivity index (χ1v) is 10.9. The first-order chi connectivity index (χ1) is 15.3. The van der Waals surface area contributed by atoms with Crippen LogP contribution < -0.4 is 22.6 Å². The van der Waals surface area contributed by atoms with Crippen LogP contribution in [0.1, 0.15) is 25.7 Å². The molecule has 2 unspecified atom stereocenters. The molecule has 4 heterocycles. The van der Waals surface area contributed by atoms with Crippen LogP contribution in [-0.4, -0.2) is 44.5 Å². The molecule has 0 aromatic carbocycles. The van der Waals surface area contributed by atoms with Gasteiger partial charge in [-0.2, -0.15) is 0 Å². The predicted octanol–water partition coefficient (Wildman–Crippen LogP) is 1.73. The number of nitrogens with one attached hydrogen (secondary N) is 2. The Bertz CT molecular complexity index is 1190. The van der Waals surface area contributed by atoms with Crippen molar-refractivity contribution in [3.63, 3.8) is 0 Å². The Balaban J connectivity index is 0.000000182. The lowest BCUT2D eigenvalue weighted by molar-refractivity contribution is 0.0966. The Morgan fingerprint density at radius 1 is 1.00 bits per heavy atom. The minimum absolute atomic E-state index is 0.00871. The summed E-state index contributed by atoms with van der Waals surface area (Å²) in [4.78, 5) is 37.8. The molecule has 0 bridgehead atoms. The van der Waals surface area contributed by atoms with Gasteiger partial charge in [-0.15, -0.1) is 4.91 Å². The number of nitrogens with zero attached hydrogens (tertiary/aromatic N) is 3. The third-order valence-electron chi connectivity index (χ3n) is 5.19. The second kappa shape index (κ2) is 10.8. The molecule has 2 aliphatic heterocycles. The summed E-state index contributed by atoms with van der Waals surface area (Å²) >= 11 is 10.0. The lowest BCUT2D eigenvalue weighted by Crippen LogP contribution is -2.22. The van der Waals surface area contributed by atoms with Crippen molar-refractivity contribution in [2.45, 2.75) is 51.0 Å². The van der Waals surface area contributed by atoms with Crippen LogP contribution in [0.25, 0.3) is 0 Å². The zero-order chi connectivity index (χ0) is 23.3. The molecule has 2 aromatic rings. The van der Waals surface area contributed by atoms with Gasteiger partial charge in [0.15, 0.2) is 9.54 Å². The largest absolute Gasteiger partial charge is 0.385 e. The van der Waals surface area contributed by atoms with Crippen LogP contribution in [0.2, 0.25) is 0 Å². The van der Waals surface area contributed by atoms with E-state index in [1.54, 1.807) is 4.57 Å². The number of anilines is 2. The molecule has 32 heavy (non-hydrogen) atoms. The van der Waals surface area contributed by atoms with Crippen molar-refractivity contribution < 1.29 is 9.47 Å². The van der Waals surface area contributed by atoms with Gasteiger partial charge in [0.05, 0.1) is 25.3 Å². The van der Waals surface area contributed by atoms with Gasteiger partial charge in [-0.25, -0.2) is 0 Å². The molecule has 6 N–H and O–H groups in total. The topological polar surface area (TPSA) is 176 Å².